The molecule has 0 saturated carbocycles. The summed E-state index contributed by atoms with van der Waals surface area (Å²) in [6, 6.07) is 3.64. The first-order chi connectivity index (χ1) is 6.16. The van der Waals surface area contributed by atoms with Gasteiger partial charge in [-0.05, 0) is 18.4 Å². The zero-order valence-corrected chi connectivity index (χ0v) is 8.38. The fourth-order valence-corrected chi connectivity index (χ4v) is 1.84. The lowest BCUT2D eigenvalue weighted by atomic mass is 10.0. The number of aliphatic hydroxyl groups is 1. The van der Waals surface area contributed by atoms with Crippen LogP contribution in [-0.2, 0) is 9.53 Å². The molecule has 0 bridgehead atoms. The van der Waals surface area contributed by atoms with E-state index in [2.05, 4.69) is 4.74 Å². The Morgan fingerprint density at radius 1 is 1.69 bits per heavy atom. The van der Waals surface area contributed by atoms with Gasteiger partial charge in [0.1, 0.15) is 6.10 Å². The Morgan fingerprint density at radius 3 is 2.85 bits per heavy atom. The first-order valence-electron chi connectivity index (χ1n) is 3.96. The van der Waals surface area contributed by atoms with E-state index in [-0.39, 0.29) is 5.97 Å². The van der Waals surface area contributed by atoms with Crippen LogP contribution in [0.5, 0.6) is 0 Å². The van der Waals surface area contributed by atoms with Crippen LogP contribution in [0.15, 0.2) is 17.5 Å². The minimum absolute atomic E-state index is 0.388. The summed E-state index contributed by atoms with van der Waals surface area (Å²) < 4.78 is 4.54. The maximum Gasteiger partial charge on any atom is 0.311 e. The summed E-state index contributed by atoms with van der Waals surface area (Å²) in [5.74, 6) is -0.899. The number of thiophene rings is 1. The first-order valence-corrected chi connectivity index (χ1v) is 4.84. The second kappa shape index (κ2) is 4.39. The highest BCUT2D eigenvalue weighted by atomic mass is 32.1. The van der Waals surface area contributed by atoms with Gasteiger partial charge in [-0.3, -0.25) is 4.79 Å². The predicted octanol–water partition coefficient (Wildman–Crippen LogP) is 1.59. The Bertz CT molecular complexity index is 268. The fraction of sp³-hybridized carbons (Fsp3) is 0.444. The van der Waals surface area contributed by atoms with Crippen molar-refractivity contribution in [1.29, 1.82) is 0 Å². The van der Waals surface area contributed by atoms with Gasteiger partial charge in [-0.15, -0.1) is 11.3 Å². The topological polar surface area (TPSA) is 46.5 Å². The molecule has 3 nitrogen and oxygen atoms in total. The summed E-state index contributed by atoms with van der Waals surface area (Å²) in [6.07, 6.45) is -0.757. The van der Waals surface area contributed by atoms with Crippen LogP contribution in [0, 0.1) is 5.92 Å². The van der Waals surface area contributed by atoms with E-state index >= 15 is 0 Å². The smallest absolute Gasteiger partial charge is 0.311 e. The van der Waals surface area contributed by atoms with Crippen LogP contribution in [0.1, 0.15) is 17.9 Å². The van der Waals surface area contributed by atoms with Crippen LogP contribution >= 0.6 is 11.3 Å². The maximum atomic E-state index is 11.1. The molecule has 0 aliphatic rings. The summed E-state index contributed by atoms with van der Waals surface area (Å²) in [7, 11) is 1.32. The van der Waals surface area contributed by atoms with Gasteiger partial charge in [0.25, 0.3) is 0 Å². The molecule has 1 heterocycles. The molecule has 0 unspecified atom stereocenters. The molecule has 4 heteroatoms. The van der Waals surface area contributed by atoms with E-state index in [9.17, 15) is 9.90 Å². The van der Waals surface area contributed by atoms with E-state index in [0.29, 0.717) is 0 Å². The Kier molecular flexibility index (Phi) is 3.45. The van der Waals surface area contributed by atoms with Gasteiger partial charge in [0.2, 0.25) is 0 Å². The van der Waals surface area contributed by atoms with Gasteiger partial charge in [-0.25, -0.2) is 0 Å². The molecule has 72 valence electrons. The van der Waals surface area contributed by atoms with E-state index in [1.807, 2.05) is 11.4 Å². The summed E-state index contributed by atoms with van der Waals surface area (Å²) in [5.41, 5.74) is 0. The molecule has 1 aromatic rings. The zero-order valence-electron chi connectivity index (χ0n) is 7.56. The normalized spacial score (nSPS) is 15.0. The van der Waals surface area contributed by atoms with Crippen molar-refractivity contribution in [2.75, 3.05) is 7.11 Å². The Balaban J connectivity index is 2.68. The van der Waals surface area contributed by atoms with Gasteiger partial charge in [0.15, 0.2) is 0 Å². The maximum absolute atomic E-state index is 11.1. The van der Waals surface area contributed by atoms with E-state index in [0.717, 1.165) is 4.88 Å². The van der Waals surface area contributed by atoms with Crippen LogP contribution in [0.4, 0.5) is 0 Å². The van der Waals surface area contributed by atoms with Crippen LogP contribution in [0.25, 0.3) is 0 Å². The molecule has 0 fully saturated rings. The Morgan fingerprint density at radius 2 is 2.38 bits per heavy atom. The Hall–Kier alpha value is -0.870. The average Bonchev–Trinajstić information content (AvgIpc) is 2.67. The summed E-state index contributed by atoms with van der Waals surface area (Å²) in [6.45, 7) is 1.65. The van der Waals surface area contributed by atoms with E-state index in [1.54, 1.807) is 13.0 Å². The van der Waals surface area contributed by atoms with Crippen molar-refractivity contribution in [2.24, 2.45) is 5.92 Å². The SMILES string of the molecule is COC(=O)[C@@H](C)[C@@H](O)c1cccs1. The fourth-order valence-electron chi connectivity index (χ4n) is 1.02. The number of aliphatic hydroxyl groups excluding tert-OH is 1. The Labute approximate surface area is 81.0 Å². The number of ether oxygens (including phenoxy) is 1. The van der Waals surface area contributed by atoms with Gasteiger partial charge in [-0.2, -0.15) is 0 Å². The molecule has 0 amide bonds. The third-order valence-corrected chi connectivity index (χ3v) is 2.82. The standard InChI is InChI=1S/C9H12O3S/c1-6(9(11)12-2)8(10)7-4-3-5-13-7/h3-6,8,10H,1-2H3/t6-,8+/m0/s1. The van der Waals surface area contributed by atoms with E-state index < -0.39 is 12.0 Å². The van der Waals surface area contributed by atoms with Gasteiger partial charge in [0.05, 0.1) is 13.0 Å². The van der Waals surface area contributed by atoms with Gasteiger partial charge in [0, 0.05) is 4.88 Å². The van der Waals surface area contributed by atoms with Gasteiger partial charge in [-0.1, -0.05) is 6.07 Å². The first kappa shape index (κ1) is 10.2. The highest BCUT2D eigenvalue weighted by Crippen LogP contribution is 2.26. The van der Waals surface area contributed by atoms with Crippen LogP contribution in [0.2, 0.25) is 0 Å². The second-order valence-electron chi connectivity index (χ2n) is 2.77. The van der Waals surface area contributed by atoms with Crippen LogP contribution in [0.3, 0.4) is 0 Å². The molecule has 1 rings (SSSR count). The molecular formula is C9H12O3S. The van der Waals surface area contributed by atoms with Gasteiger partial charge < -0.3 is 9.84 Å². The average molecular weight is 200 g/mol. The molecule has 0 aromatic carbocycles. The van der Waals surface area contributed by atoms with Crippen molar-refractivity contribution < 1.29 is 14.6 Å². The minimum Gasteiger partial charge on any atom is -0.469 e. The lowest BCUT2D eigenvalue weighted by molar-refractivity contribution is -0.148. The van der Waals surface area contributed by atoms with Crippen molar-refractivity contribution in [2.45, 2.75) is 13.0 Å². The second-order valence-corrected chi connectivity index (χ2v) is 3.75. The lowest BCUT2D eigenvalue weighted by Gasteiger charge is -2.14. The van der Waals surface area contributed by atoms with Crippen LogP contribution < -0.4 is 0 Å². The molecule has 0 radical (unpaired) electrons. The molecule has 2 atom stereocenters. The third kappa shape index (κ3) is 2.29. The minimum atomic E-state index is -0.757. The highest BCUT2D eigenvalue weighted by molar-refractivity contribution is 7.10. The molecule has 13 heavy (non-hydrogen) atoms. The number of methoxy groups -OCH3 is 1. The predicted molar refractivity (Wildman–Crippen MR) is 50.5 cm³/mol. The molecule has 1 N–H and O–H groups in total. The monoisotopic (exact) mass is 200 g/mol. The highest BCUT2D eigenvalue weighted by Gasteiger charge is 2.24. The molecule has 0 aliphatic carbocycles. The van der Waals surface area contributed by atoms with E-state index in [4.69, 9.17) is 0 Å². The van der Waals surface area contributed by atoms with Gasteiger partial charge >= 0.3 is 5.97 Å². The van der Waals surface area contributed by atoms with Crippen molar-refractivity contribution >= 4 is 17.3 Å². The van der Waals surface area contributed by atoms with Crippen molar-refractivity contribution in [1.82, 2.24) is 0 Å². The molecule has 0 spiro atoms. The molecular weight excluding hydrogens is 188 g/mol. The number of carbonyl (C=O) groups is 1. The number of hydrogen-bond donors (Lipinski definition) is 1. The molecule has 0 saturated heterocycles. The molecule has 0 aliphatic heterocycles. The summed E-state index contributed by atoms with van der Waals surface area (Å²) in [4.78, 5) is 11.9. The van der Waals surface area contributed by atoms with Crippen molar-refractivity contribution in [3.8, 4) is 0 Å². The quantitative estimate of drug-likeness (QED) is 0.754. The summed E-state index contributed by atoms with van der Waals surface area (Å²) in [5, 5.41) is 11.6. The largest absolute Gasteiger partial charge is 0.469 e. The van der Waals surface area contributed by atoms with Crippen molar-refractivity contribution in [3.63, 3.8) is 0 Å². The number of esters is 1. The van der Waals surface area contributed by atoms with Crippen LogP contribution in [-0.4, -0.2) is 18.2 Å². The number of hydrogen-bond acceptors (Lipinski definition) is 4. The number of carbonyl (C=O) groups excluding carboxylic acids is 1. The number of rotatable bonds is 3. The summed E-state index contributed by atoms with van der Waals surface area (Å²) >= 11 is 1.43. The zero-order chi connectivity index (χ0) is 9.84. The lowest BCUT2D eigenvalue weighted by Crippen LogP contribution is -2.19. The molecule has 1 aromatic heterocycles. The third-order valence-electron chi connectivity index (χ3n) is 1.88. The van der Waals surface area contributed by atoms with E-state index in [1.165, 1.54) is 18.4 Å². The van der Waals surface area contributed by atoms with Crippen molar-refractivity contribution in [3.05, 3.63) is 22.4 Å².